The van der Waals surface area contributed by atoms with Crippen molar-refractivity contribution in [2.24, 2.45) is 0 Å². The van der Waals surface area contributed by atoms with Gasteiger partial charge in [0, 0.05) is 0 Å². The number of aryl methyl sites for hydroxylation is 2. The molecule has 3 nitrogen and oxygen atoms in total. The molecule has 18 heavy (non-hydrogen) atoms. The molecule has 0 amide bonds. The number of fused-ring (bicyclic) bond motifs is 2. The van der Waals surface area contributed by atoms with Gasteiger partial charge in [-0.05, 0) is 0 Å². The molecule has 0 radical (unpaired) electrons. The zero-order valence-electron chi connectivity index (χ0n) is 10.6. The van der Waals surface area contributed by atoms with Gasteiger partial charge in [-0.15, -0.1) is 0 Å². The molecule has 1 unspecified atom stereocenters. The van der Waals surface area contributed by atoms with Crippen LogP contribution in [0.4, 0.5) is 0 Å². The van der Waals surface area contributed by atoms with E-state index < -0.39 is 0 Å². The van der Waals surface area contributed by atoms with Crippen LogP contribution in [0.25, 0.3) is 11.0 Å². The van der Waals surface area contributed by atoms with Crippen molar-refractivity contribution in [3.8, 4) is 5.75 Å². The van der Waals surface area contributed by atoms with Crippen LogP contribution in [0.2, 0.25) is 3.93 Å². The molecule has 1 aromatic carbocycles. The Morgan fingerprint density at radius 1 is 1.39 bits per heavy atom. The quantitative estimate of drug-likeness (QED) is 0.517. The Bertz CT molecular complexity index is 687. The van der Waals surface area contributed by atoms with Crippen LogP contribution in [-0.4, -0.2) is 6.10 Å². The van der Waals surface area contributed by atoms with Crippen molar-refractivity contribution in [1.82, 2.24) is 0 Å². The van der Waals surface area contributed by atoms with E-state index in [1.807, 2.05) is 13.8 Å². The molecule has 1 aliphatic heterocycles. The van der Waals surface area contributed by atoms with Crippen LogP contribution in [0.5, 0.6) is 5.75 Å². The Morgan fingerprint density at radius 2 is 2.17 bits per heavy atom. The minimum atomic E-state index is -0.288. The molecule has 4 heteroatoms. The van der Waals surface area contributed by atoms with Crippen LogP contribution >= 0.6 is 0 Å². The van der Waals surface area contributed by atoms with Crippen molar-refractivity contribution in [3.63, 3.8) is 0 Å². The van der Waals surface area contributed by atoms with Gasteiger partial charge >= 0.3 is 122 Å². The monoisotopic (exact) mass is 431 g/mol. The molecule has 88 valence electrons. The number of ether oxygens (including phenoxy) is 1. The van der Waals surface area contributed by atoms with Crippen molar-refractivity contribution in [1.29, 1.82) is 0 Å². The maximum atomic E-state index is 11.5. The summed E-state index contributed by atoms with van der Waals surface area (Å²) in [4.78, 5) is 11.5. The Hall–Kier alpha value is -0.835. The number of hydrogen-bond acceptors (Lipinski definition) is 3. The van der Waals surface area contributed by atoms with E-state index in [9.17, 15) is 4.79 Å². The molecule has 1 aromatic heterocycles. The molecule has 0 N–H and O–H groups in total. The van der Waals surface area contributed by atoms with Gasteiger partial charge in [-0.2, -0.15) is 0 Å². The van der Waals surface area contributed by atoms with Gasteiger partial charge in [-0.3, -0.25) is 0 Å². The van der Waals surface area contributed by atoms with E-state index in [1.54, 1.807) is 6.07 Å². The van der Waals surface area contributed by atoms with Crippen LogP contribution < -0.4 is 10.4 Å². The molecule has 1 atom stereocenters. The van der Waals surface area contributed by atoms with E-state index in [1.165, 1.54) is 9.49 Å². The van der Waals surface area contributed by atoms with E-state index in [2.05, 4.69) is 6.07 Å². The standard InChI is InChI=1S/C14H13O3.Hg/c1-7-4-12(15)17-14-9(3)13-10(6-11(7)14)5-8(2)16-13;/h4,6,8H,2,5H2,1,3H3;/q;+1. The number of rotatable bonds is 1. The molecule has 2 heterocycles. The molecule has 0 bridgehead atoms. The minimum absolute atomic E-state index is 0.288. The molecule has 0 saturated carbocycles. The second-order valence-corrected chi connectivity index (χ2v) is 7.09. The first-order valence-corrected chi connectivity index (χ1v) is 10.0. The summed E-state index contributed by atoms with van der Waals surface area (Å²) in [7, 11) is 0. The van der Waals surface area contributed by atoms with E-state index in [4.69, 9.17) is 9.15 Å². The van der Waals surface area contributed by atoms with Gasteiger partial charge in [0.1, 0.15) is 0 Å². The van der Waals surface area contributed by atoms with Gasteiger partial charge in [0.15, 0.2) is 0 Å². The fourth-order valence-electron chi connectivity index (χ4n) is 2.59. The number of benzene rings is 1. The summed E-state index contributed by atoms with van der Waals surface area (Å²) in [6.07, 6.45) is 1.33. The van der Waals surface area contributed by atoms with Gasteiger partial charge in [0.25, 0.3) is 0 Å². The molecule has 2 aromatic rings. The van der Waals surface area contributed by atoms with Gasteiger partial charge in [-0.25, -0.2) is 0 Å². The van der Waals surface area contributed by atoms with E-state index in [0.717, 1.165) is 54.8 Å². The Morgan fingerprint density at radius 3 is 2.89 bits per heavy atom. The van der Waals surface area contributed by atoms with Crippen molar-refractivity contribution in [2.45, 2.75) is 30.3 Å². The first-order chi connectivity index (χ1) is 8.60. The van der Waals surface area contributed by atoms with Gasteiger partial charge in [0.2, 0.25) is 0 Å². The summed E-state index contributed by atoms with van der Waals surface area (Å²) >= 11 is 0.752. The predicted molar refractivity (Wildman–Crippen MR) is 64.9 cm³/mol. The van der Waals surface area contributed by atoms with Crippen LogP contribution in [0.15, 0.2) is 21.3 Å². The van der Waals surface area contributed by atoms with E-state index in [0.29, 0.717) is 11.7 Å². The Labute approximate surface area is 121 Å². The van der Waals surface area contributed by atoms with Crippen molar-refractivity contribution in [2.75, 3.05) is 0 Å². The summed E-state index contributed by atoms with van der Waals surface area (Å²) in [5.41, 5.74) is 3.59. The van der Waals surface area contributed by atoms with Crippen molar-refractivity contribution >= 4 is 11.0 Å². The average molecular weight is 430 g/mol. The van der Waals surface area contributed by atoms with E-state index >= 15 is 0 Å². The summed E-state index contributed by atoms with van der Waals surface area (Å²) in [5.74, 6) is 0.937. The average Bonchev–Trinajstić information content (AvgIpc) is 2.74. The predicted octanol–water partition coefficient (Wildman–Crippen LogP) is 2.68. The number of hydrogen-bond donors (Lipinski definition) is 0. The Balaban J connectivity index is 2.32. The summed E-state index contributed by atoms with van der Waals surface area (Å²) < 4.78 is 12.5. The third-order valence-corrected chi connectivity index (χ3v) is 6.06. The summed E-state index contributed by atoms with van der Waals surface area (Å²) in [6, 6.07) is 3.68. The molecule has 1 aliphatic rings. The van der Waals surface area contributed by atoms with Gasteiger partial charge in [-0.1, -0.05) is 0 Å². The van der Waals surface area contributed by atoms with Crippen molar-refractivity contribution in [3.05, 3.63) is 39.2 Å². The Kier molecular flexibility index (Phi) is 2.97. The maximum absolute atomic E-state index is 11.5. The fraction of sp³-hybridized carbons (Fsp3) is 0.357. The zero-order chi connectivity index (χ0) is 12.9. The first kappa shape index (κ1) is 12.2. The SMILES string of the molecule is Cc1cc(=O)oc2c(C)c3c(cc12)CC([CH2][Hg+])O3. The van der Waals surface area contributed by atoms with Crippen LogP contribution in [0.1, 0.15) is 16.7 Å². The second kappa shape index (κ2) is 4.37. The third-order valence-electron chi connectivity index (χ3n) is 3.55. The molecule has 0 saturated heterocycles. The van der Waals surface area contributed by atoms with Crippen molar-refractivity contribution < 1.29 is 35.3 Å². The second-order valence-electron chi connectivity index (χ2n) is 4.85. The summed E-state index contributed by atoms with van der Waals surface area (Å²) in [5, 5.41) is 1.04. The van der Waals surface area contributed by atoms with Crippen LogP contribution in [0, 0.1) is 13.8 Å². The normalized spacial score (nSPS) is 17.9. The summed E-state index contributed by atoms with van der Waals surface area (Å²) in [6.45, 7) is 3.93. The topological polar surface area (TPSA) is 39.4 Å². The molecular formula is C14H13HgO3+. The third kappa shape index (κ3) is 1.80. The van der Waals surface area contributed by atoms with Gasteiger partial charge in [0.05, 0.1) is 0 Å². The fourth-order valence-corrected chi connectivity index (χ4v) is 3.84. The molecule has 0 aliphatic carbocycles. The molecular weight excluding hydrogens is 417 g/mol. The van der Waals surface area contributed by atoms with E-state index in [-0.39, 0.29) is 5.63 Å². The van der Waals surface area contributed by atoms with Gasteiger partial charge < -0.3 is 0 Å². The molecule has 0 spiro atoms. The van der Waals surface area contributed by atoms with Crippen LogP contribution in [-0.2, 0) is 32.5 Å². The molecule has 0 fully saturated rings. The first-order valence-electron chi connectivity index (χ1n) is 6.13. The van der Waals surface area contributed by atoms with Crippen LogP contribution in [0.3, 0.4) is 0 Å². The molecule has 3 rings (SSSR count). The zero-order valence-corrected chi connectivity index (χ0v) is 16.1.